The summed E-state index contributed by atoms with van der Waals surface area (Å²) >= 11 is 1.77. The Labute approximate surface area is 161 Å². The van der Waals surface area contributed by atoms with Crippen LogP contribution in [0.3, 0.4) is 0 Å². The fraction of sp³-hybridized carbons (Fsp3) is 0.474. The van der Waals surface area contributed by atoms with Crippen LogP contribution in [0.4, 0.5) is 8.78 Å². The van der Waals surface area contributed by atoms with E-state index in [2.05, 4.69) is 32.7 Å². The number of nitrogens with zero attached hydrogens (tertiary/aromatic N) is 2. The van der Waals surface area contributed by atoms with Crippen LogP contribution in [0.15, 0.2) is 35.8 Å². The molecule has 2 aromatic heterocycles. The quantitative estimate of drug-likeness (QED) is 0.744. The van der Waals surface area contributed by atoms with E-state index in [9.17, 15) is 13.6 Å². The molecule has 1 N–H and O–H groups in total. The molecule has 5 nitrogen and oxygen atoms in total. The molecule has 1 aliphatic heterocycles. The summed E-state index contributed by atoms with van der Waals surface area (Å²) in [5.41, 5.74) is 0.188. The van der Waals surface area contributed by atoms with E-state index in [0.29, 0.717) is 12.5 Å². The highest BCUT2D eigenvalue weighted by atomic mass is 32.1. The molecule has 0 spiro atoms. The van der Waals surface area contributed by atoms with Gasteiger partial charge in [0.1, 0.15) is 5.56 Å². The van der Waals surface area contributed by atoms with Crippen molar-refractivity contribution in [3.8, 4) is 5.88 Å². The first-order chi connectivity index (χ1) is 13.1. The van der Waals surface area contributed by atoms with E-state index in [1.54, 1.807) is 17.4 Å². The van der Waals surface area contributed by atoms with Crippen molar-refractivity contribution in [2.45, 2.75) is 25.8 Å². The van der Waals surface area contributed by atoms with Crippen LogP contribution in [-0.2, 0) is 6.54 Å². The van der Waals surface area contributed by atoms with Gasteiger partial charge in [0.05, 0.1) is 0 Å². The van der Waals surface area contributed by atoms with Gasteiger partial charge >= 0.3 is 0 Å². The van der Waals surface area contributed by atoms with Crippen molar-refractivity contribution in [3.05, 3.63) is 46.3 Å². The van der Waals surface area contributed by atoms with Crippen LogP contribution in [0.1, 0.15) is 28.1 Å². The van der Waals surface area contributed by atoms with Gasteiger partial charge in [-0.2, -0.15) is 0 Å². The van der Waals surface area contributed by atoms with Crippen LogP contribution >= 0.6 is 11.3 Å². The van der Waals surface area contributed by atoms with Gasteiger partial charge in [-0.1, -0.05) is 6.07 Å². The fourth-order valence-corrected chi connectivity index (χ4v) is 3.87. The van der Waals surface area contributed by atoms with Crippen LogP contribution in [0, 0.1) is 5.92 Å². The van der Waals surface area contributed by atoms with E-state index in [1.165, 1.54) is 17.1 Å². The minimum Gasteiger partial charge on any atom is -0.471 e. The van der Waals surface area contributed by atoms with E-state index >= 15 is 0 Å². The van der Waals surface area contributed by atoms with Crippen LogP contribution in [0.25, 0.3) is 0 Å². The Morgan fingerprint density at radius 2 is 2.15 bits per heavy atom. The number of hydrogen-bond acceptors (Lipinski definition) is 5. The molecule has 3 heterocycles. The standard InChI is InChI=1S/C19H23F2N3O2S/c20-17(21)13-26-19-16(4-1-7-22-19)18(25)23-11-14-5-8-24(9-6-14)12-15-3-2-10-27-15/h1-4,7,10,14,17H,5-6,8-9,11-13H2,(H,23,25). The summed E-state index contributed by atoms with van der Waals surface area (Å²) in [5.74, 6) is 0.0186. The van der Waals surface area contributed by atoms with E-state index in [-0.39, 0.29) is 17.4 Å². The van der Waals surface area contributed by atoms with Crippen molar-refractivity contribution in [2.75, 3.05) is 26.2 Å². The number of halogens is 2. The van der Waals surface area contributed by atoms with Gasteiger partial charge in [-0.15, -0.1) is 11.3 Å². The number of amides is 1. The number of likely N-dealkylation sites (tertiary alicyclic amines) is 1. The second kappa shape index (κ2) is 9.75. The van der Waals surface area contributed by atoms with Gasteiger partial charge in [0, 0.05) is 24.2 Å². The zero-order valence-electron chi connectivity index (χ0n) is 14.9. The van der Waals surface area contributed by atoms with Gasteiger partial charge < -0.3 is 10.1 Å². The lowest BCUT2D eigenvalue weighted by Crippen LogP contribution is -2.38. The van der Waals surface area contributed by atoms with Crippen molar-refractivity contribution in [3.63, 3.8) is 0 Å². The van der Waals surface area contributed by atoms with E-state index in [4.69, 9.17) is 4.74 Å². The number of carbonyl (C=O) groups is 1. The first-order valence-electron chi connectivity index (χ1n) is 9.00. The summed E-state index contributed by atoms with van der Waals surface area (Å²) in [6.07, 6.45) is 0.851. The number of piperidine rings is 1. The zero-order chi connectivity index (χ0) is 19.1. The molecule has 1 saturated heterocycles. The second-order valence-electron chi connectivity index (χ2n) is 6.57. The first kappa shape index (κ1) is 19.7. The normalized spacial score (nSPS) is 15.8. The molecule has 0 aliphatic carbocycles. The van der Waals surface area contributed by atoms with Crippen molar-refractivity contribution in [2.24, 2.45) is 5.92 Å². The zero-order valence-corrected chi connectivity index (χ0v) is 15.8. The van der Waals surface area contributed by atoms with Crippen LogP contribution in [-0.4, -0.2) is 48.5 Å². The van der Waals surface area contributed by atoms with Crippen molar-refractivity contribution in [1.82, 2.24) is 15.2 Å². The van der Waals surface area contributed by atoms with Crippen molar-refractivity contribution < 1.29 is 18.3 Å². The monoisotopic (exact) mass is 395 g/mol. The lowest BCUT2D eigenvalue weighted by atomic mass is 9.96. The molecule has 27 heavy (non-hydrogen) atoms. The Bertz CT molecular complexity index is 720. The van der Waals surface area contributed by atoms with Gasteiger partial charge in [0.25, 0.3) is 12.3 Å². The summed E-state index contributed by atoms with van der Waals surface area (Å²) in [5, 5.41) is 4.99. The maximum Gasteiger partial charge on any atom is 0.272 e. The minimum atomic E-state index is -2.61. The van der Waals surface area contributed by atoms with Crippen LogP contribution in [0.2, 0.25) is 0 Å². The smallest absolute Gasteiger partial charge is 0.272 e. The predicted octanol–water partition coefficient (Wildman–Crippen LogP) is 3.43. The summed E-state index contributed by atoms with van der Waals surface area (Å²) < 4.78 is 29.6. The molecule has 1 aliphatic rings. The van der Waals surface area contributed by atoms with Crippen LogP contribution < -0.4 is 10.1 Å². The number of ether oxygens (including phenoxy) is 1. The molecular weight excluding hydrogens is 372 g/mol. The molecule has 0 unspecified atom stereocenters. The molecule has 0 aromatic carbocycles. The third-order valence-electron chi connectivity index (χ3n) is 4.58. The Hall–Kier alpha value is -2.06. The van der Waals surface area contributed by atoms with Gasteiger partial charge in [0.15, 0.2) is 6.61 Å². The van der Waals surface area contributed by atoms with Gasteiger partial charge in [-0.25, -0.2) is 13.8 Å². The van der Waals surface area contributed by atoms with Crippen molar-refractivity contribution in [1.29, 1.82) is 0 Å². The summed E-state index contributed by atoms with van der Waals surface area (Å²) in [4.78, 5) is 20.1. The number of alkyl halides is 2. The number of aromatic nitrogens is 1. The Kier molecular flexibility index (Phi) is 7.11. The maximum atomic E-state index is 12.4. The molecule has 146 valence electrons. The molecule has 2 aromatic rings. The van der Waals surface area contributed by atoms with Gasteiger partial charge in [-0.3, -0.25) is 9.69 Å². The highest BCUT2D eigenvalue weighted by Gasteiger charge is 2.21. The highest BCUT2D eigenvalue weighted by Crippen LogP contribution is 2.21. The van der Waals surface area contributed by atoms with E-state index in [0.717, 1.165) is 32.5 Å². The third-order valence-corrected chi connectivity index (χ3v) is 5.44. The lowest BCUT2D eigenvalue weighted by Gasteiger charge is -2.31. The van der Waals surface area contributed by atoms with Crippen LogP contribution in [0.5, 0.6) is 5.88 Å². The second-order valence-corrected chi connectivity index (χ2v) is 7.60. The third kappa shape index (κ3) is 5.97. The average Bonchev–Trinajstić information content (AvgIpc) is 3.19. The Balaban J connectivity index is 1.45. The van der Waals surface area contributed by atoms with E-state index in [1.807, 2.05) is 0 Å². The molecule has 0 bridgehead atoms. The van der Waals surface area contributed by atoms with Crippen molar-refractivity contribution >= 4 is 17.2 Å². The molecule has 1 amide bonds. The SMILES string of the molecule is O=C(NCC1CCN(Cc2cccs2)CC1)c1cccnc1OCC(F)F. The predicted molar refractivity (Wildman–Crippen MR) is 100 cm³/mol. The Morgan fingerprint density at radius 1 is 1.33 bits per heavy atom. The highest BCUT2D eigenvalue weighted by molar-refractivity contribution is 7.09. The average molecular weight is 395 g/mol. The molecule has 0 atom stereocenters. The number of rotatable bonds is 8. The fourth-order valence-electron chi connectivity index (χ4n) is 3.12. The Morgan fingerprint density at radius 3 is 2.85 bits per heavy atom. The number of pyridine rings is 1. The molecule has 0 saturated carbocycles. The topological polar surface area (TPSA) is 54.5 Å². The number of nitrogens with one attached hydrogen (secondary N) is 1. The molecule has 8 heteroatoms. The maximum absolute atomic E-state index is 12.4. The van der Waals surface area contributed by atoms with Gasteiger partial charge in [-0.05, 0) is 55.4 Å². The molecule has 1 fully saturated rings. The number of carbonyl (C=O) groups excluding carboxylic acids is 1. The minimum absolute atomic E-state index is 0.0546. The summed E-state index contributed by atoms with van der Waals surface area (Å²) in [6, 6.07) is 7.35. The van der Waals surface area contributed by atoms with Gasteiger partial charge in [0.2, 0.25) is 5.88 Å². The summed E-state index contributed by atoms with van der Waals surface area (Å²) in [6.45, 7) is 2.79. The largest absolute Gasteiger partial charge is 0.471 e. The molecule has 0 radical (unpaired) electrons. The summed E-state index contributed by atoms with van der Waals surface area (Å²) in [7, 11) is 0. The van der Waals surface area contributed by atoms with E-state index < -0.39 is 13.0 Å². The molecule has 3 rings (SSSR count). The molecular formula is C19H23F2N3O2S. The lowest BCUT2D eigenvalue weighted by molar-refractivity contribution is 0.0770. The first-order valence-corrected chi connectivity index (χ1v) is 9.88. The number of hydrogen-bond donors (Lipinski definition) is 1. The number of thiophene rings is 1.